The average molecular weight is 288 g/mol. The first-order valence-electron chi connectivity index (χ1n) is 8.20. The Morgan fingerprint density at radius 1 is 1.38 bits per heavy atom. The van der Waals surface area contributed by atoms with E-state index in [-0.39, 0.29) is 11.9 Å². The number of carbonyl (C=O) groups excluding carboxylic acids is 1. The van der Waals surface area contributed by atoms with Crippen molar-refractivity contribution in [3.63, 3.8) is 0 Å². The number of benzene rings is 1. The molecule has 3 heteroatoms. The van der Waals surface area contributed by atoms with Gasteiger partial charge in [0.05, 0.1) is 0 Å². The molecule has 1 aromatic carbocycles. The maximum Gasteiger partial charge on any atom is 0.251 e. The summed E-state index contributed by atoms with van der Waals surface area (Å²) in [5, 5.41) is 3.00. The summed E-state index contributed by atoms with van der Waals surface area (Å²) in [6.07, 6.45) is 3.61. The standard InChI is InChI=1S/C18H28N2O/c1-4-15(3)19-18(21)17-9-7-16(8-10-17)13-20-11-5-6-14(2)12-20/h7-10,14-15H,4-6,11-13H2,1-3H3,(H,19,21)/t14-,15-/m1/s1. The van der Waals surface area contributed by atoms with Gasteiger partial charge in [0, 0.05) is 24.7 Å². The van der Waals surface area contributed by atoms with Gasteiger partial charge in [0.15, 0.2) is 0 Å². The predicted octanol–water partition coefficient (Wildman–Crippen LogP) is 3.45. The fraction of sp³-hybridized carbons (Fsp3) is 0.611. The Hall–Kier alpha value is -1.35. The molecule has 1 aliphatic rings. The Balaban J connectivity index is 1.91. The van der Waals surface area contributed by atoms with Crippen molar-refractivity contribution in [1.29, 1.82) is 0 Å². The number of nitrogens with zero attached hydrogens (tertiary/aromatic N) is 1. The van der Waals surface area contributed by atoms with Crippen molar-refractivity contribution in [2.24, 2.45) is 5.92 Å². The number of carbonyl (C=O) groups is 1. The van der Waals surface area contributed by atoms with E-state index in [0.717, 1.165) is 24.4 Å². The summed E-state index contributed by atoms with van der Waals surface area (Å²) in [6.45, 7) is 9.82. The smallest absolute Gasteiger partial charge is 0.251 e. The van der Waals surface area contributed by atoms with Crippen LogP contribution in [0.15, 0.2) is 24.3 Å². The fourth-order valence-corrected chi connectivity index (χ4v) is 2.86. The highest BCUT2D eigenvalue weighted by Crippen LogP contribution is 2.18. The molecule has 1 N–H and O–H groups in total. The van der Waals surface area contributed by atoms with Crippen LogP contribution in [-0.4, -0.2) is 29.9 Å². The van der Waals surface area contributed by atoms with E-state index in [2.05, 4.69) is 36.2 Å². The lowest BCUT2D eigenvalue weighted by atomic mass is 9.99. The molecule has 116 valence electrons. The van der Waals surface area contributed by atoms with Gasteiger partial charge < -0.3 is 5.32 Å². The Labute approximate surface area is 128 Å². The van der Waals surface area contributed by atoms with Crippen LogP contribution < -0.4 is 5.32 Å². The molecule has 1 aliphatic heterocycles. The van der Waals surface area contributed by atoms with Crippen LogP contribution in [0.25, 0.3) is 0 Å². The second kappa shape index (κ2) is 7.60. The van der Waals surface area contributed by atoms with Gasteiger partial charge in [0.1, 0.15) is 0 Å². The summed E-state index contributed by atoms with van der Waals surface area (Å²) < 4.78 is 0. The summed E-state index contributed by atoms with van der Waals surface area (Å²) in [4.78, 5) is 14.6. The predicted molar refractivity (Wildman–Crippen MR) is 87.3 cm³/mol. The summed E-state index contributed by atoms with van der Waals surface area (Å²) in [6, 6.07) is 8.29. The molecule has 0 bridgehead atoms. The second-order valence-electron chi connectivity index (χ2n) is 6.46. The maximum absolute atomic E-state index is 12.0. The molecular weight excluding hydrogens is 260 g/mol. The molecule has 3 nitrogen and oxygen atoms in total. The van der Waals surface area contributed by atoms with Gasteiger partial charge in [-0.15, -0.1) is 0 Å². The first kappa shape index (κ1) is 16.0. The number of hydrogen-bond donors (Lipinski definition) is 1. The summed E-state index contributed by atoms with van der Waals surface area (Å²) in [7, 11) is 0. The molecule has 0 spiro atoms. The van der Waals surface area contributed by atoms with Crippen molar-refractivity contribution >= 4 is 5.91 Å². The third-order valence-electron chi connectivity index (χ3n) is 4.35. The molecule has 1 fully saturated rings. The summed E-state index contributed by atoms with van der Waals surface area (Å²) in [5.41, 5.74) is 2.05. The Morgan fingerprint density at radius 2 is 2.10 bits per heavy atom. The van der Waals surface area contributed by atoms with Crippen LogP contribution in [-0.2, 0) is 6.54 Å². The molecular formula is C18H28N2O. The molecule has 0 aliphatic carbocycles. The van der Waals surface area contributed by atoms with Gasteiger partial charge in [0.2, 0.25) is 0 Å². The zero-order valence-electron chi connectivity index (χ0n) is 13.6. The number of likely N-dealkylation sites (tertiary alicyclic amines) is 1. The van der Waals surface area contributed by atoms with Crippen LogP contribution >= 0.6 is 0 Å². The molecule has 0 aromatic heterocycles. The molecule has 21 heavy (non-hydrogen) atoms. The first-order valence-corrected chi connectivity index (χ1v) is 8.20. The van der Waals surface area contributed by atoms with E-state index in [9.17, 15) is 4.79 Å². The van der Waals surface area contributed by atoms with Crippen LogP contribution in [0.2, 0.25) is 0 Å². The molecule has 1 saturated heterocycles. The normalized spacial score (nSPS) is 21.0. The van der Waals surface area contributed by atoms with Crippen molar-refractivity contribution in [1.82, 2.24) is 10.2 Å². The lowest BCUT2D eigenvalue weighted by molar-refractivity contribution is 0.0939. The largest absolute Gasteiger partial charge is 0.350 e. The number of amides is 1. The van der Waals surface area contributed by atoms with Crippen LogP contribution in [0, 0.1) is 5.92 Å². The average Bonchev–Trinajstić information content (AvgIpc) is 2.47. The quantitative estimate of drug-likeness (QED) is 0.900. The lowest BCUT2D eigenvalue weighted by Crippen LogP contribution is -2.33. The minimum Gasteiger partial charge on any atom is -0.350 e. The number of nitrogens with one attached hydrogen (secondary N) is 1. The molecule has 1 heterocycles. The van der Waals surface area contributed by atoms with Gasteiger partial charge in [0.25, 0.3) is 5.91 Å². The zero-order chi connectivity index (χ0) is 15.2. The second-order valence-corrected chi connectivity index (χ2v) is 6.46. The van der Waals surface area contributed by atoms with Gasteiger partial charge in [-0.2, -0.15) is 0 Å². The van der Waals surface area contributed by atoms with Crippen molar-refractivity contribution in [3.8, 4) is 0 Å². The van der Waals surface area contributed by atoms with E-state index in [4.69, 9.17) is 0 Å². The van der Waals surface area contributed by atoms with Crippen molar-refractivity contribution < 1.29 is 4.79 Å². The number of rotatable bonds is 5. The summed E-state index contributed by atoms with van der Waals surface area (Å²) in [5.74, 6) is 0.835. The van der Waals surface area contributed by atoms with E-state index in [0.29, 0.717) is 0 Å². The van der Waals surface area contributed by atoms with E-state index < -0.39 is 0 Å². The van der Waals surface area contributed by atoms with Gasteiger partial charge >= 0.3 is 0 Å². The Morgan fingerprint density at radius 3 is 2.71 bits per heavy atom. The van der Waals surface area contributed by atoms with Gasteiger partial charge in [-0.25, -0.2) is 0 Å². The Bertz CT molecular complexity index is 455. The maximum atomic E-state index is 12.0. The van der Waals surface area contributed by atoms with Gasteiger partial charge in [-0.05, 0) is 56.3 Å². The highest BCUT2D eigenvalue weighted by Gasteiger charge is 2.16. The SMILES string of the molecule is CC[C@@H](C)NC(=O)c1ccc(CN2CCC[C@@H](C)C2)cc1. The third kappa shape index (κ3) is 4.85. The van der Waals surface area contributed by atoms with Gasteiger partial charge in [-0.1, -0.05) is 26.0 Å². The van der Waals surface area contributed by atoms with Crippen molar-refractivity contribution in [2.75, 3.05) is 13.1 Å². The molecule has 0 radical (unpaired) electrons. The van der Waals surface area contributed by atoms with Crippen molar-refractivity contribution in [3.05, 3.63) is 35.4 Å². The zero-order valence-corrected chi connectivity index (χ0v) is 13.6. The monoisotopic (exact) mass is 288 g/mol. The Kier molecular flexibility index (Phi) is 5.80. The lowest BCUT2D eigenvalue weighted by Gasteiger charge is -2.30. The van der Waals surface area contributed by atoms with Gasteiger partial charge in [-0.3, -0.25) is 9.69 Å². The molecule has 1 amide bonds. The number of hydrogen-bond acceptors (Lipinski definition) is 2. The van der Waals surface area contributed by atoms with E-state index in [1.165, 1.54) is 31.5 Å². The highest BCUT2D eigenvalue weighted by molar-refractivity contribution is 5.94. The van der Waals surface area contributed by atoms with E-state index >= 15 is 0 Å². The molecule has 2 atom stereocenters. The topological polar surface area (TPSA) is 32.3 Å². The summed E-state index contributed by atoms with van der Waals surface area (Å²) >= 11 is 0. The van der Waals surface area contributed by atoms with Crippen LogP contribution in [0.4, 0.5) is 0 Å². The minimum atomic E-state index is 0.0301. The highest BCUT2D eigenvalue weighted by atomic mass is 16.1. The fourth-order valence-electron chi connectivity index (χ4n) is 2.86. The van der Waals surface area contributed by atoms with Crippen molar-refractivity contribution in [2.45, 2.75) is 52.6 Å². The first-order chi connectivity index (χ1) is 10.1. The third-order valence-corrected chi connectivity index (χ3v) is 4.35. The number of piperidine rings is 1. The molecule has 1 aromatic rings. The molecule has 2 rings (SSSR count). The van der Waals surface area contributed by atoms with Crippen LogP contribution in [0.3, 0.4) is 0 Å². The van der Waals surface area contributed by atoms with Crippen LogP contribution in [0.5, 0.6) is 0 Å². The minimum absolute atomic E-state index is 0.0301. The van der Waals surface area contributed by atoms with Crippen LogP contribution in [0.1, 0.15) is 56.0 Å². The molecule has 0 unspecified atom stereocenters. The molecule has 0 saturated carbocycles. The van der Waals surface area contributed by atoms with E-state index in [1.54, 1.807) is 0 Å². The van der Waals surface area contributed by atoms with E-state index in [1.807, 2.05) is 19.1 Å².